The van der Waals surface area contributed by atoms with Crippen LogP contribution in [-0.4, -0.2) is 34.5 Å². The zero-order valence-electron chi connectivity index (χ0n) is 11.7. The predicted molar refractivity (Wildman–Crippen MR) is 71.8 cm³/mol. The van der Waals surface area contributed by atoms with Crippen molar-refractivity contribution in [1.29, 1.82) is 0 Å². The van der Waals surface area contributed by atoms with Crippen LogP contribution in [0.4, 0.5) is 8.78 Å². The average Bonchev–Trinajstić information content (AvgIpc) is 2.87. The topological polar surface area (TPSA) is 57.6 Å². The SMILES string of the molecule is CC(CC(=O)N1CCC[C@H]1C(=O)O)c1ccc(F)cc1F. The fourth-order valence-electron chi connectivity index (χ4n) is 2.71. The molecule has 21 heavy (non-hydrogen) atoms. The molecule has 2 rings (SSSR count). The highest BCUT2D eigenvalue weighted by Crippen LogP contribution is 2.26. The average molecular weight is 297 g/mol. The molecule has 0 saturated carbocycles. The minimum absolute atomic E-state index is 0.00628. The number of hydrogen-bond acceptors (Lipinski definition) is 2. The second-order valence-electron chi connectivity index (χ2n) is 5.35. The van der Waals surface area contributed by atoms with E-state index in [1.165, 1.54) is 11.0 Å². The van der Waals surface area contributed by atoms with Crippen molar-refractivity contribution < 1.29 is 23.5 Å². The molecule has 2 atom stereocenters. The number of halogens is 2. The van der Waals surface area contributed by atoms with Crippen LogP contribution in [0, 0.1) is 11.6 Å². The van der Waals surface area contributed by atoms with Gasteiger partial charge in [0.2, 0.25) is 5.91 Å². The smallest absolute Gasteiger partial charge is 0.326 e. The van der Waals surface area contributed by atoms with Gasteiger partial charge < -0.3 is 10.0 Å². The van der Waals surface area contributed by atoms with Crippen molar-refractivity contribution in [3.63, 3.8) is 0 Å². The molecule has 1 unspecified atom stereocenters. The van der Waals surface area contributed by atoms with E-state index in [1.807, 2.05) is 0 Å². The Hall–Kier alpha value is -1.98. The van der Waals surface area contributed by atoms with Crippen molar-refractivity contribution in [3.8, 4) is 0 Å². The highest BCUT2D eigenvalue weighted by Gasteiger charge is 2.34. The van der Waals surface area contributed by atoms with Gasteiger partial charge >= 0.3 is 5.97 Å². The summed E-state index contributed by atoms with van der Waals surface area (Å²) in [5, 5.41) is 9.06. The summed E-state index contributed by atoms with van der Waals surface area (Å²) in [5.74, 6) is -3.11. The van der Waals surface area contributed by atoms with Crippen molar-refractivity contribution in [2.24, 2.45) is 0 Å². The Labute approximate surface area is 121 Å². The Bertz CT molecular complexity index is 562. The summed E-state index contributed by atoms with van der Waals surface area (Å²) >= 11 is 0. The van der Waals surface area contributed by atoms with E-state index >= 15 is 0 Å². The molecule has 0 spiro atoms. The number of carbonyl (C=O) groups excluding carboxylic acids is 1. The molecule has 1 aliphatic heterocycles. The van der Waals surface area contributed by atoms with Crippen LogP contribution in [-0.2, 0) is 9.59 Å². The molecule has 1 aromatic carbocycles. The van der Waals surface area contributed by atoms with Gasteiger partial charge in [0, 0.05) is 19.0 Å². The van der Waals surface area contributed by atoms with Crippen molar-refractivity contribution in [3.05, 3.63) is 35.4 Å². The number of amides is 1. The van der Waals surface area contributed by atoms with Gasteiger partial charge in [-0.2, -0.15) is 0 Å². The van der Waals surface area contributed by atoms with Crippen LogP contribution >= 0.6 is 0 Å². The van der Waals surface area contributed by atoms with E-state index in [2.05, 4.69) is 0 Å². The Morgan fingerprint density at radius 2 is 2.14 bits per heavy atom. The Balaban J connectivity index is 2.06. The van der Waals surface area contributed by atoms with Gasteiger partial charge in [-0.15, -0.1) is 0 Å². The molecule has 0 bridgehead atoms. The number of carbonyl (C=O) groups is 2. The number of carboxylic acids is 1. The predicted octanol–water partition coefficient (Wildman–Crippen LogP) is 2.53. The second kappa shape index (κ2) is 6.20. The van der Waals surface area contributed by atoms with Gasteiger partial charge in [0.15, 0.2) is 0 Å². The standard InChI is InChI=1S/C15H17F2NO3/c1-9(11-5-4-10(16)8-12(11)17)7-14(19)18-6-2-3-13(18)15(20)21/h4-5,8-9,13H,2-3,6-7H2,1H3,(H,20,21)/t9?,13-/m0/s1. The van der Waals surface area contributed by atoms with Gasteiger partial charge in [-0.25, -0.2) is 13.6 Å². The summed E-state index contributed by atoms with van der Waals surface area (Å²) in [6.45, 7) is 2.08. The summed E-state index contributed by atoms with van der Waals surface area (Å²) in [6.07, 6.45) is 1.11. The van der Waals surface area contributed by atoms with Crippen molar-refractivity contribution in [2.45, 2.75) is 38.1 Å². The number of nitrogens with zero attached hydrogens (tertiary/aromatic N) is 1. The van der Waals surface area contributed by atoms with Crippen molar-refractivity contribution in [2.75, 3.05) is 6.54 Å². The van der Waals surface area contributed by atoms with E-state index in [0.717, 1.165) is 12.1 Å². The van der Waals surface area contributed by atoms with E-state index in [9.17, 15) is 18.4 Å². The third-order valence-electron chi connectivity index (χ3n) is 3.83. The van der Waals surface area contributed by atoms with Gasteiger partial charge in [0.25, 0.3) is 0 Å². The van der Waals surface area contributed by atoms with Crippen LogP contribution in [0.3, 0.4) is 0 Å². The van der Waals surface area contributed by atoms with Crippen LogP contribution in [0.15, 0.2) is 18.2 Å². The molecule has 1 saturated heterocycles. The van der Waals surface area contributed by atoms with Crippen LogP contribution in [0.5, 0.6) is 0 Å². The lowest BCUT2D eigenvalue weighted by molar-refractivity contribution is -0.148. The zero-order valence-corrected chi connectivity index (χ0v) is 11.7. The monoisotopic (exact) mass is 297 g/mol. The number of likely N-dealkylation sites (tertiary alicyclic amines) is 1. The summed E-state index contributed by atoms with van der Waals surface area (Å²) in [4.78, 5) is 24.6. The first-order chi connectivity index (χ1) is 9.90. The summed E-state index contributed by atoms with van der Waals surface area (Å²) in [5.41, 5.74) is 0.260. The molecule has 0 aromatic heterocycles. The van der Waals surface area contributed by atoms with Gasteiger partial charge in [-0.3, -0.25) is 4.79 Å². The summed E-state index contributed by atoms with van der Waals surface area (Å²) in [7, 11) is 0. The quantitative estimate of drug-likeness (QED) is 0.929. The van der Waals surface area contributed by atoms with E-state index in [-0.39, 0.29) is 17.9 Å². The number of benzene rings is 1. The molecule has 4 nitrogen and oxygen atoms in total. The molecule has 1 aliphatic rings. The number of carboxylic acid groups (broad SMARTS) is 1. The molecule has 1 amide bonds. The maximum absolute atomic E-state index is 13.7. The molecule has 6 heteroatoms. The molecular formula is C15H17F2NO3. The molecule has 1 aromatic rings. The zero-order chi connectivity index (χ0) is 15.6. The Morgan fingerprint density at radius 3 is 2.76 bits per heavy atom. The molecule has 114 valence electrons. The van der Waals surface area contributed by atoms with E-state index in [1.54, 1.807) is 6.92 Å². The molecule has 1 fully saturated rings. The van der Waals surface area contributed by atoms with Crippen molar-refractivity contribution >= 4 is 11.9 Å². The summed E-state index contributed by atoms with van der Waals surface area (Å²) in [6, 6.07) is 2.46. The normalized spacial score (nSPS) is 19.6. The van der Waals surface area contributed by atoms with E-state index in [0.29, 0.717) is 19.4 Å². The fraction of sp³-hybridized carbons (Fsp3) is 0.467. The largest absolute Gasteiger partial charge is 0.480 e. The molecule has 0 aliphatic carbocycles. The van der Waals surface area contributed by atoms with E-state index in [4.69, 9.17) is 5.11 Å². The summed E-state index contributed by atoms with van der Waals surface area (Å²) < 4.78 is 26.6. The van der Waals surface area contributed by atoms with Gasteiger partial charge in [-0.1, -0.05) is 13.0 Å². The van der Waals surface area contributed by atoms with Crippen molar-refractivity contribution in [1.82, 2.24) is 4.90 Å². The highest BCUT2D eigenvalue weighted by molar-refractivity contribution is 5.84. The number of rotatable bonds is 4. The first-order valence-electron chi connectivity index (χ1n) is 6.87. The van der Waals surface area contributed by atoms with Gasteiger partial charge in [0.05, 0.1) is 0 Å². The van der Waals surface area contributed by atoms with Crippen LogP contribution in [0.1, 0.15) is 37.7 Å². The number of hydrogen-bond donors (Lipinski definition) is 1. The third-order valence-corrected chi connectivity index (χ3v) is 3.83. The van der Waals surface area contributed by atoms with E-state index < -0.39 is 29.6 Å². The first-order valence-corrected chi connectivity index (χ1v) is 6.87. The lowest BCUT2D eigenvalue weighted by Crippen LogP contribution is -2.40. The maximum Gasteiger partial charge on any atom is 0.326 e. The van der Waals surface area contributed by atoms with Crippen LogP contribution in [0.2, 0.25) is 0 Å². The maximum atomic E-state index is 13.7. The minimum atomic E-state index is -1.01. The Morgan fingerprint density at radius 1 is 1.43 bits per heavy atom. The lowest BCUT2D eigenvalue weighted by Gasteiger charge is -2.23. The second-order valence-corrected chi connectivity index (χ2v) is 5.35. The van der Waals surface area contributed by atoms with Crippen LogP contribution in [0.25, 0.3) is 0 Å². The highest BCUT2D eigenvalue weighted by atomic mass is 19.1. The molecule has 0 radical (unpaired) electrons. The fourth-order valence-corrected chi connectivity index (χ4v) is 2.71. The minimum Gasteiger partial charge on any atom is -0.480 e. The lowest BCUT2D eigenvalue weighted by atomic mass is 9.96. The molecular weight excluding hydrogens is 280 g/mol. The third kappa shape index (κ3) is 3.37. The number of aliphatic carboxylic acids is 1. The molecule has 1 heterocycles. The Kier molecular flexibility index (Phi) is 4.55. The first kappa shape index (κ1) is 15.4. The van der Waals surface area contributed by atoms with Crippen LogP contribution < -0.4 is 0 Å². The molecule has 1 N–H and O–H groups in total. The van der Waals surface area contributed by atoms with Gasteiger partial charge in [0.1, 0.15) is 17.7 Å². The van der Waals surface area contributed by atoms with Gasteiger partial charge in [-0.05, 0) is 30.4 Å².